The lowest BCUT2D eigenvalue weighted by Gasteiger charge is -2.28. The van der Waals surface area contributed by atoms with Crippen molar-refractivity contribution < 1.29 is 5.11 Å². The summed E-state index contributed by atoms with van der Waals surface area (Å²) in [5.41, 5.74) is 2.09. The number of aliphatic hydroxyl groups is 1. The van der Waals surface area contributed by atoms with E-state index in [-0.39, 0.29) is 6.61 Å². The van der Waals surface area contributed by atoms with Crippen LogP contribution in [0.2, 0.25) is 5.02 Å². The molecule has 0 unspecified atom stereocenters. The van der Waals surface area contributed by atoms with E-state index in [0.29, 0.717) is 5.02 Å². The van der Waals surface area contributed by atoms with Crippen LogP contribution in [0, 0.1) is 0 Å². The number of nitrogens with zero attached hydrogens (tertiary/aromatic N) is 2. The normalized spacial score (nSPS) is 16.2. The summed E-state index contributed by atoms with van der Waals surface area (Å²) in [4.78, 5) is 6.48. The fraction of sp³-hybridized carbons (Fsp3) is 0.417. The van der Waals surface area contributed by atoms with Gasteiger partial charge in [0.1, 0.15) is 5.82 Å². The lowest BCUT2D eigenvalue weighted by Crippen LogP contribution is -2.30. The van der Waals surface area contributed by atoms with E-state index in [2.05, 4.69) is 22.9 Å². The molecule has 3 nitrogen and oxygen atoms in total. The van der Waals surface area contributed by atoms with Crippen LogP contribution in [0.4, 0.5) is 5.82 Å². The third-order valence-electron chi connectivity index (χ3n) is 2.69. The summed E-state index contributed by atoms with van der Waals surface area (Å²) in [6.07, 6.45) is 4.95. The van der Waals surface area contributed by atoms with E-state index in [1.165, 1.54) is 5.57 Å². The van der Waals surface area contributed by atoms with E-state index in [0.717, 1.165) is 30.9 Å². The zero-order valence-electron chi connectivity index (χ0n) is 9.28. The van der Waals surface area contributed by atoms with Gasteiger partial charge in [-0.1, -0.05) is 23.3 Å². The van der Waals surface area contributed by atoms with Crippen molar-refractivity contribution in [3.8, 4) is 0 Å². The van der Waals surface area contributed by atoms with Crippen molar-refractivity contribution in [2.24, 2.45) is 0 Å². The van der Waals surface area contributed by atoms with Crippen molar-refractivity contribution in [3.63, 3.8) is 0 Å². The van der Waals surface area contributed by atoms with Crippen molar-refractivity contribution in [2.45, 2.75) is 20.0 Å². The third-order valence-corrected chi connectivity index (χ3v) is 2.97. The molecule has 0 spiro atoms. The van der Waals surface area contributed by atoms with Crippen LogP contribution in [0.3, 0.4) is 0 Å². The molecule has 86 valence electrons. The summed E-state index contributed by atoms with van der Waals surface area (Å²) in [6.45, 7) is 3.92. The van der Waals surface area contributed by atoms with Gasteiger partial charge in [0.2, 0.25) is 0 Å². The maximum Gasteiger partial charge on any atom is 0.147 e. The lowest BCUT2D eigenvalue weighted by atomic mass is 10.1. The van der Waals surface area contributed by atoms with Crippen LogP contribution in [0.15, 0.2) is 23.9 Å². The predicted molar refractivity (Wildman–Crippen MR) is 65.8 cm³/mol. The Kier molecular flexibility index (Phi) is 3.46. The third kappa shape index (κ3) is 2.36. The Bertz CT molecular complexity index is 417. The Morgan fingerprint density at radius 3 is 3.00 bits per heavy atom. The Morgan fingerprint density at radius 1 is 1.56 bits per heavy atom. The van der Waals surface area contributed by atoms with E-state index in [1.807, 2.05) is 0 Å². The largest absolute Gasteiger partial charge is 0.392 e. The smallest absolute Gasteiger partial charge is 0.147 e. The summed E-state index contributed by atoms with van der Waals surface area (Å²) < 4.78 is 0. The molecule has 0 amide bonds. The highest BCUT2D eigenvalue weighted by Gasteiger charge is 2.15. The maximum atomic E-state index is 8.98. The molecule has 1 aromatic heterocycles. The zero-order chi connectivity index (χ0) is 11.5. The Hall–Kier alpha value is -1.06. The first-order chi connectivity index (χ1) is 7.70. The van der Waals surface area contributed by atoms with Crippen LogP contribution in [0.5, 0.6) is 0 Å². The number of rotatable bonds is 2. The number of aliphatic hydroxyl groups excluding tert-OH is 1. The van der Waals surface area contributed by atoms with Crippen molar-refractivity contribution in [1.29, 1.82) is 0 Å². The van der Waals surface area contributed by atoms with Gasteiger partial charge in [0.25, 0.3) is 0 Å². The van der Waals surface area contributed by atoms with Gasteiger partial charge in [0.15, 0.2) is 0 Å². The number of halogens is 1. The molecule has 0 saturated carbocycles. The van der Waals surface area contributed by atoms with Gasteiger partial charge in [-0.2, -0.15) is 0 Å². The van der Waals surface area contributed by atoms with E-state index < -0.39 is 0 Å². The summed E-state index contributed by atoms with van der Waals surface area (Å²) in [5, 5.41) is 9.60. The summed E-state index contributed by atoms with van der Waals surface area (Å²) in [6, 6.07) is 1.78. The quantitative estimate of drug-likeness (QED) is 0.804. The van der Waals surface area contributed by atoms with Gasteiger partial charge in [-0.3, -0.25) is 0 Å². The van der Waals surface area contributed by atoms with E-state index in [1.54, 1.807) is 12.3 Å². The number of hydrogen-bond donors (Lipinski definition) is 1. The average Bonchev–Trinajstić information content (AvgIpc) is 2.28. The van der Waals surface area contributed by atoms with Gasteiger partial charge in [-0.15, -0.1) is 0 Å². The van der Waals surface area contributed by atoms with E-state index in [9.17, 15) is 0 Å². The minimum atomic E-state index is -0.0219. The van der Waals surface area contributed by atoms with E-state index >= 15 is 0 Å². The monoisotopic (exact) mass is 238 g/mol. The molecule has 1 aliphatic heterocycles. The molecule has 1 N–H and O–H groups in total. The molecule has 0 aromatic carbocycles. The Morgan fingerprint density at radius 2 is 2.38 bits per heavy atom. The van der Waals surface area contributed by atoms with Crippen LogP contribution in [-0.4, -0.2) is 23.2 Å². The lowest BCUT2D eigenvalue weighted by molar-refractivity contribution is 0.281. The number of pyridine rings is 1. The summed E-state index contributed by atoms with van der Waals surface area (Å²) >= 11 is 6.15. The zero-order valence-corrected chi connectivity index (χ0v) is 10.0. The molecule has 0 atom stereocenters. The van der Waals surface area contributed by atoms with Crippen molar-refractivity contribution >= 4 is 17.4 Å². The highest BCUT2D eigenvalue weighted by Crippen LogP contribution is 2.26. The highest BCUT2D eigenvalue weighted by molar-refractivity contribution is 6.33. The average molecular weight is 239 g/mol. The first-order valence-corrected chi connectivity index (χ1v) is 5.74. The van der Waals surface area contributed by atoms with Crippen LogP contribution in [-0.2, 0) is 6.61 Å². The topological polar surface area (TPSA) is 36.4 Å². The fourth-order valence-corrected chi connectivity index (χ4v) is 2.19. The molecular weight excluding hydrogens is 224 g/mol. The van der Waals surface area contributed by atoms with Crippen molar-refractivity contribution in [1.82, 2.24) is 4.98 Å². The van der Waals surface area contributed by atoms with Gasteiger partial charge in [0.05, 0.1) is 11.6 Å². The summed E-state index contributed by atoms with van der Waals surface area (Å²) in [5.74, 6) is 0.811. The van der Waals surface area contributed by atoms with Gasteiger partial charge in [0, 0.05) is 19.3 Å². The second kappa shape index (κ2) is 4.85. The molecule has 0 aliphatic carbocycles. The van der Waals surface area contributed by atoms with Gasteiger partial charge >= 0.3 is 0 Å². The molecular formula is C12H15ClN2O. The molecule has 1 aliphatic rings. The molecule has 0 bridgehead atoms. The molecule has 2 rings (SSSR count). The standard InChI is InChI=1S/C12H15ClN2O/c1-9-3-2-4-15(7-9)12-11(13)5-10(8-16)6-14-12/h3,5-6,16H,2,4,7-8H2,1H3. The maximum absolute atomic E-state index is 8.98. The Labute approximate surface area is 100 Å². The first kappa shape index (κ1) is 11.4. The predicted octanol–water partition coefficient (Wildman–Crippen LogP) is 2.38. The van der Waals surface area contributed by atoms with Gasteiger partial charge in [-0.25, -0.2) is 4.98 Å². The SMILES string of the molecule is CC1=CCCN(c2ncc(CO)cc2Cl)C1. The van der Waals surface area contributed by atoms with Gasteiger partial charge < -0.3 is 10.0 Å². The van der Waals surface area contributed by atoms with Gasteiger partial charge in [-0.05, 0) is 25.0 Å². The van der Waals surface area contributed by atoms with Crippen LogP contribution >= 0.6 is 11.6 Å². The Balaban J connectivity index is 2.24. The van der Waals surface area contributed by atoms with Crippen LogP contribution < -0.4 is 4.90 Å². The fourth-order valence-electron chi connectivity index (χ4n) is 1.88. The van der Waals surface area contributed by atoms with Crippen molar-refractivity contribution in [3.05, 3.63) is 34.5 Å². The highest BCUT2D eigenvalue weighted by atomic mass is 35.5. The second-order valence-electron chi connectivity index (χ2n) is 4.07. The number of hydrogen-bond acceptors (Lipinski definition) is 3. The molecule has 0 saturated heterocycles. The van der Waals surface area contributed by atoms with Crippen LogP contribution in [0.25, 0.3) is 0 Å². The molecule has 2 heterocycles. The minimum absolute atomic E-state index is 0.0219. The van der Waals surface area contributed by atoms with Crippen LogP contribution in [0.1, 0.15) is 18.9 Å². The molecule has 4 heteroatoms. The molecule has 0 fully saturated rings. The first-order valence-electron chi connectivity index (χ1n) is 5.36. The number of aromatic nitrogens is 1. The number of anilines is 1. The molecule has 1 aromatic rings. The molecule has 0 radical (unpaired) electrons. The minimum Gasteiger partial charge on any atom is -0.392 e. The molecule has 16 heavy (non-hydrogen) atoms. The van der Waals surface area contributed by atoms with E-state index in [4.69, 9.17) is 16.7 Å². The van der Waals surface area contributed by atoms with Crippen molar-refractivity contribution in [2.75, 3.05) is 18.0 Å². The second-order valence-corrected chi connectivity index (χ2v) is 4.48. The summed E-state index contributed by atoms with van der Waals surface area (Å²) in [7, 11) is 0.